The van der Waals surface area contributed by atoms with E-state index in [-0.39, 0.29) is 4.90 Å². The first-order chi connectivity index (χ1) is 9.33. The van der Waals surface area contributed by atoms with E-state index < -0.39 is 41.2 Å². The van der Waals surface area contributed by atoms with Gasteiger partial charge < -0.3 is 15.5 Å². The van der Waals surface area contributed by atoms with Crippen LogP contribution >= 0.6 is 0 Å². The normalized spacial score (nSPS) is 12.2. The monoisotopic (exact) mass is 302 g/mol. The number of nitrogens with one attached hydrogen (secondary N) is 2. The lowest BCUT2D eigenvalue weighted by Crippen LogP contribution is -2.54. The van der Waals surface area contributed by atoms with Gasteiger partial charge in [0.1, 0.15) is 0 Å². The standard InChI is InChI=1S/C12H18N2O5S/c1-12(8-15,9-16)14-11(17)7-13-20(18,19)10-5-3-2-4-6-10/h2-6,13,15-16H,7-9H2,1H3,(H,14,17). The summed E-state index contributed by atoms with van der Waals surface area (Å²) in [6.45, 7) is 0.0464. The minimum atomic E-state index is -3.76. The minimum Gasteiger partial charge on any atom is -0.394 e. The molecule has 0 aliphatic rings. The number of carbonyl (C=O) groups is 1. The Hall–Kier alpha value is -1.48. The SMILES string of the molecule is CC(CO)(CO)NC(=O)CNS(=O)(=O)c1ccccc1. The van der Waals surface area contributed by atoms with Crippen molar-refractivity contribution < 1.29 is 23.4 Å². The molecule has 1 aromatic rings. The molecule has 0 unspecified atom stereocenters. The smallest absolute Gasteiger partial charge is 0.241 e. The molecule has 0 aliphatic heterocycles. The van der Waals surface area contributed by atoms with Crippen LogP contribution in [0.1, 0.15) is 6.92 Å². The molecule has 7 nitrogen and oxygen atoms in total. The van der Waals surface area contributed by atoms with Gasteiger partial charge in [0.15, 0.2) is 0 Å². The molecule has 1 rings (SSSR count). The molecule has 20 heavy (non-hydrogen) atoms. The fraction of sp³-hybridized carbons (Fsp3) is 0.417. The first-order valence-corrected chi connectivity index (χ1v) is 7.39. The third kappa shape index (κ3) is 4.57. The summed E-state index contributed by atoms with van der Waals surface area (Å²) in [5.74, 6) is -0.643. The Labute approximate surface area is 117 Å². The van der Waals surface area contributed by atoms with Crippen LogP contribution in [0.3, 0.4) is 0 Å². The Morgan fingerprint density at radius 2 is 1.75 bits per heavy atom. The summed E-state index contributed by atoms with van der Waals surface area (Å²) in [5.41, 5.74) is -1.19. The zero-order valence-electron chi connectivity index (χ0n) is 11.0. The lowest BCUT2D eigenvalue weighted by molar-refractivity contribution is -0.122. The van der Waals surface area contributed by atoms with E-state index in [2.05, 4.69) is 10.0 Å². The maximum absolute atomic E-state index is 11.9. The van der Waals surface area contributed by atoms with E-state index in [4.69, 9.17) is 10.2 Å². The van der Waals surface area contributed by atoms with E-state index in [1.54, 1.807) is 18.2 Å². The van der Waals surface area contributed by atoms with Crippen molar-refractivity contribution in [2.75, 3.05) is 19.8 Å². The van der Waals surface area contributed by atoms with E-state index in [9.17, 15) is 13.2 Å². The lowest BCUT2D eigenvalue weighted by Gasteiger charge is -2.26. The van der Waals surface area contributed by atoms with Gasteiger partial charge in [-0.05, 0) is 19.1 Å². The molecule has 0 heterocycles. The van der Waals surface area contributed by atoms with E-state index in [0.717, 1.165) is 0 Å². The molecule has 8 heteroatoms. The van der Waals surface area contributed by atoms with Crippen molar-refractivity contribution in [1.29, 1.82) is 0 Å². The molecular formula is C12H18N2O5S. The Morgan fingerprint density at radius 3 is 2.25 bits per heavy atom. The molecule has 0 saturated heterocycles. The van der Waals surface area contributed by atoms with Crippen molar-refractivity contribution in [3.05, 3.63) is 30.3 Å². The van der Waals surface area contributed by atoms with Gasteiger partial charge in [-0.3, -0.25) is 4.79 Å². The second-order valence-electron chi connectivity index (χ2n) is 4.56. The predicted molar refractivity (Wildman–Crippen MR) is 72.3 cm³/mol. The van der Waals surface area contributed by atoms with Gasteiger partial charge in [-0.25, -0.2) is 13.1 Å². The average Bonchev–Trinajstić information content (AvgIpc) is 2.46. The zero-order valence-corrected chi connectivity index (χ0v) is 11.9. The average molecular weight is 302 g/mol. The summed E-state index contributed by atoms with van der Waals surface area (Å²) in [4.78, 5) is 11.6. The topological polar surface area (TPSA) is 116 Å². The van der Waals surface area contributed by atoms with Crippen LogP contribution in [0.4, 0.5) is 0 Å². The maximum atomic E-state index is 11.9. The molecule has 0 fully saturated rings. The van der Waals surface area contributed by atoms with E-state index in [0.29, 0.717) is 0 Å². The molecule has 0 spiro atoms. The molecule has 0 bridgehead atoms. The van der Waals surface area contributed by atoms with Crippen LogP contribution in [-0.2, 0) is 14.8 Å². The predicted octanol–water partition coefficient (Wildman–Crippen LogP) is -1.18. The molecule has 0 atom stereocenters. The number of sulfonamides is 1. The summed E-state index contributed by atoms with van der Waals surface area (Å²) >= 11 is 0. The summed E-state index contributed by atoms with van der Waals surface area (Å²) in [6, 6.07) is 7.64. The number of aliphatic hydroxyl groups excluding tert-OH is 2. The summed E-state index contributed by atoms with van der Waals surface area (Å²) in [6.07, 6.45) is 0. The van der Waals surface area contributed by atoms with E-state index in [1.165, 1.54) is 19.1 Å². The van der Waals surface area contributed by atoms with Crippen LogP contribution in [0, 0.1) is 0 Å². The number of hydrogen-bond donors (Lipinski definition) is 4. The van der Waals surface area contributed by atoms with Crippen LogP contribution in [0.2, 0.25) is 0 Å². The number of rotatable bonds is 7. The van der Waals surface area contributed by atoms with Gasteiger partial charge in [0, 0.05) is 0 Å². The van der Waals surface area contributed by atoms with Gasteiger partial charge in [0.25, 0.3) is 0 Å². The molecule has 112 valence electrons. The Balaban J connectivity index is 2.62. The Bertz CT molecular complexity index is 540. The van der Waals surface area contributed by atoms with Gasteiger partial charge in [-0.15, -0.1) is 0 Å². The molecule has 1 amide bonds. The van der Waals surface area contributed by atoms with Gasteiger partial charge >= 0.3 is 0 Å². The van der Waals surface area contributed by atoms with Gasteiger partial charge in [-0.1, -0.05) is 18.2 Å². The molecule has 0 radical (unpaired) electrons. The highest BCUT2D eigenvalue weighted by molar-refractivity contribution is 7.89. The van der Waals surface area contributed by atoms with Gasteiger partial charge in [-0.2, -0.15) is 0 Å². The molecule has 1 aromatic carbocycles. The third-order valence-corrected chi connectivity index (χ3v) is 4.03. The van der Waals surface area contributed by atoms with Gasteiger partial charge in [0.05, 0.1) is 30.2 Å². The molecule has 0 saturated carbocycles. The molecule has 0 aromatic heterocycles. The summed E-state index contributed by atoms with van der Waals surface area (Å²) < 4.78 is 25.8. The second kappa shape index (κ2) is 6.80. The Kier molecular flexibility index (Phi) is 5.63. The third-order valence-electron chi connectivity index (χ3n) is 2.62. The quantitative estimate of drug-likeness (QED) is 0.506. The highest BCUT2D eigenvalue weighted by Crippen LogP contribution is 2.06. The fourth-order valence-electron chi connectivity index (χ4n) is 1.35. The minimum absolute atomic E-state index is 0.0554. The fourth-order valence-corrected chi connectivity index (χ4v) is 2.36. The van der Waals surface area contributed by atoms with E-state index >= 15 is 0 Å². The number of hydrogen-bond acceptors (Lipinski definition) is 5. The highest BCUT2D eigenvalue weighted by Gasteiger charge is 2.25. The van der Waals surface area contributed by atoms with Crippen molar-refractivity contribution in [2.24, 2.45) is 0 Å². The van der Waals surface area contributed by atoms with Crippen LogP contribution in [0.15, 0.2) is 35.2 Å². The number of benzene rings is 1. The summed E-state index contributed by atoms with van der Waals surface area (Å²) in [5, 5.41) is 20.4. The first kappa shape index (κ1) is 16.6. The Morgan fingerprint density at radius 1 is 1.20 bits per heavy atom. The van der Waals surface area contributed by atoms with Crippen molar-refractivity contribution in [3.8, 4) is 0 Å². The van der Waals surface area contributed by atoms with Crippen molar-refractivity contribution >= 4 is 15.9 Å². The first-order valence-electron chi connectivity index (χ1n) is 5.90. The lowest BCUT2D eigenvalue weighted by atomic mass is 10.1. The molecular weight excluding hydrogens is 284 g/mol. The maximum Gasteiger partial charge on any atom is 0.241 e. The number of carbonyl (C=O) groups excluding carboxylic acids is 1. The summed E-state index contributed by atoms with van der Waals surface area (Å²) in [7, 11) is -3.76. The van der Waals surface area contributed by atoms with Crippen molar-refractivity contribution in [2.45, 2.75) is 17.4 Å². The van der Waals surface area contributed by atoms with Crippen LogP contribution < -0.4 is 10.0 Å². The zero-order chi connectivity index (χ0) is 15.2. The van der Waals surface area contributed by atoms with Crippen LogP contribution in [0.25, 0.3) is 0 Å². The largest absolute Gasteiger partial charge is 0.394 e. The van der Waals surface area contributed by atoms with Crippen molar-refractivity contribution in [3.63, 3.8) is 0 Å². The highest BCUT2D eigenvalue weighted by atomic mass is 32.2. The number of aliphatic hydroxyl groups is 2. The van der Waals surface area contributed by atoms with E-state index in [1.807, 2.05) is 0 Å². The van der Waals surface area contributed by atoms with Crippen molar-refractivity contribution in [1.82, 2.24) is 10.0 Å². The second-order valence-corrected chi connectivity index (χ2v) is 6.33. The van der Waals surface area contributed by atoms with Crippen LogP contribution in [0.5, 0.6) is 0 Å². The molecule has 0 aliphatic carbocycles. The number of amides is 1. The molecule has 4 N–H and O–H groups in total. The van der Waals surface area contributed by atoms with Crippen LogP contribution in [-0.4, -0.2) is 49.8 Å². The van der Waals surface area contributed by atoms with Gasteiger partial charge in [0.2, 0.25) is 15.9 Å².